The molecule has 30 heavy (non-hydrogen) atoms. The number of nitrogens with one attached hydrogen (secondary N) is 1. The number of amides is 1. The normalized spacial score (nSPS) is 17.2. The molecule has 1 N–H and O–H groups in total. The Labute approximate surface area is 183 Å². The van der Waals surface area contributed by atoms with Crippen LogP contribution in [0, 0.1) is 6.92 Å². The van der Waals surface area contributed by atoms with Gasteiger partial charge in [-0.2, -0.15) is 4.31 Å². The van der Waals surface area contributed by atoms with Gasteiger partial charge in [0, 0.05) is 17.3 Å². The number of hydrogen-bond donors (Lipinski definition) is 1. The molecule has 1 aliphatic heterocycles. The number of aryl methyl sites for hydroxylation is 1. The maximum atomic E-state index is 13.1. The first-order valence-corrected chi connectivity index (χ1v) is 12.0. The summed E-state index contributed by atoms with van der Waals surface area (Å²) in [6.07, 6.45) is 1.36. The van der Waals surface area contributed by atoms with Gasteiger partial charge in [0.2, 0.25) is 15.0 Å². The Morgan fingerprint density at radius 2 is 1.97 bits per heavy atom. The Morgan fingerprint density at radius 1 is 1.20 bits per heavy atom. The van der Waals surface area contributed by atoms with E-state index in [1.807, 2.05) is 6.92 Å². The van der Waals surface area contributed by atoms with Gasteiger partial charge in [-0.1, -0.05) is 46.7 Å². The monoisotopic (exact) mass is 462 g/mol. The molecule has 10 heteroatoms. The molecule has 1 fully saturated rings. The van der Waals surface area contributed by atoms with Crippen LogP contribution in [0.1, 0.15) is 39.3 Å². The maximum Gasteiger partial charge on any atom is 0.286 e. The lowest BCUT2D eigenvalue weighted by molar-refractivity contribution is 0.102. The van der Waals surface area contributed by atoms with Crippen molar-refractivity contribution in [2.24, 2.45) is 0 Å². The van der Waals surface area contributed by atoms with Crippen LogP contribution in [0.4, 0.5) is 5.69 Å². The second kappa shape index (κ2) is 8.43. The van der Waals surface area contributed by atoms with Crippen molar-refractivity contribution < 1.29 is 13.2 Å². The van der Waals surface area contributed by atoms with E-state index in [9.17, 15) is 13.2 Å². The van der Waals surface area contributed by atoms with E-state index < -0.39 is 22.0 Å². The van der Waals surface area contributed by atoms with E-state index in [-0.39, 0.29) is 9.90 Å². The van der Waals surface area contributed by atoms with Gasteiger partial charge in [0.15, 0.2) is 0 Å². The molecule has 1 aromatic heterocycles. The van der Waals surface area contributed by atoms with Crippen LogP contribution in [0.15, 0.2) is 53.4 Å². The van der Waals surface area contributed by atoms with Crippen LogP contribution < -0.4 is 5.32 Å². The highest BCUT2D eigenvalue weighted by molar-refractivity contribution is 7.89. The van der Waals surface area contributed by atoms with E-state index in [1.54, 1.807) is 48.5 Å². The molecule has 0 radical (unpaired) electrons. The zero-order valence-electron chi connectivity index (χ0n) is 16.1. The molecule has 0 bridgehead atoms. The SMILES string of the molecule is Cc1ccc(S(=O)(=O)N2CCC[C@@H]2c2nnc(C(=O)Nc3cccc(Cl)c3)s2)cc1. The first kappa shape index (κ1) is 20.9. The van der Waals surface area contributed by atoms with E-state index in [2.05, 4.69) is 15.5 Å². The van der Waals surface area contributed by atoms with E-state index in [4.69, 9.17) is 11.6 Å². The van der Waals surface area contributed by atoms with Gasteiger partial charge in [-0.15, -0.1) is 10.2 Å². The molecule has 0 aliphatic carbocycles. The number of halogens is 1. The largest absolute Gasteiger partial charge is 0.320 e. The van der Waals surface area contributed by atoms with Crippen LogP contribution in [-0.4, -0.2) is 35.4 Å². The third-order valence-electron chi connectivity index (χ3n) is 4.83. The third-order valence-corrected chi connectivity index (χ3v) is 8.01. The highest BCUT2D eigenvalue weighted by Crippen LogP contribution is 2.37. The number of hydrogen-bond acceptors (Lipinski definition) is 6. The standard InChI is InChI=1S/C20H19ClN4O3S2/c1-13-7-9-16(10-8-13)30(27,28)25-11-3-6-17(25)19-23-24-20(29-19)18(26)22-15-5-2-4-14(21)12-15/h2,4-5,7-10,12,17H,3,6,11H2,1H3,(H,22,26)/t17-/m1/s1. The highest BCUT2D eigenvalue weighted by atomic mass is 35.5. The van der Waals surface area contributed by atoms with E-state index in [1.165, 1.54) is 4.31 Å². The summed E-state index contributed by atoms with van der Waals surface area (Å²) in [7, 11) is -3.66. The van der Waals surface area contributed by atoms with Crippen molar-refractivity contribution in [1.82, 2.24) is 14.5 Å². The molecule has 156 valence electrons. The van der Waals surface area contributed by atoms with E-state index in [0.29, 0.717) is 28.7 Å². The van der Waals surface area contributed by atoms with Crippen LogP contribution in [0.5, 0.6) is 0 Å². The molecule has 1 saturated heterocycles. The van der Waals surface area contributed by atoms with Crippen molar-refractivity contribution in [3.05, 3.63) is 69.1 Å². The van der Waals surface area contributed by atoms with Crippen LogP contribution >= 0.6 is 22.9 Å². The molecule has 7 nitrogen and oxygen atoms in total. The molecule has 0 saturated carbocycles. The molecule has 0 spiro atoms. The molecule has 2 heterocycles. The second-order valence-corrected chi connectivity index (χ2v) is 10.3. The summed E-state index contributed by atoms with van der Waals surface area (Å²) in [6.45, 7) is 2.32. The van der Waals surface area contributed by atoms with Gasteiger partial charge in [-0.25, -0.2) is 8.42 Å². The lowest BCUT2D eigenvalue weighted by Gasteiger charge is -2.22. The zero-order chi connectivity index (χ0) is 21.3. The highest BCUT2D eigenvalue weighted by Gasteiger charge is 2.38. The number of aromatic nitrogens is 2. The predicted molar refractivity (Wildman–Crippen MR) is 116 cm³/mol. The number of benzene rings is 2. The summed E-state index contributed by atoms with van der Waals surface area (Å²) in [5.74, 6) is -0.410. The Kier molecular flexibility index (Phi) is 5.88. The van der Waals surface area contributed by atoms with Crippen molar-refractivity contribution in [2.75, 3.05) is 11.9 Å². The Morgan fingerprint density at radius 3 is 2.70 bits per heavy atom. The molecule has 1 aliphatic rings. The second-order valence-electron chi connectivity index (χ2n) is 7.00. The molecule has 2 aromatic carbocycles. The number of nitrogens with zero attached hydrogens (tertiary/aromatic N) is 3. The van der Waals surface area contributed by atoms with Crippen LogP contribution in [0.2, 0.25) is 5.02 Å². The number of carbonyl (C=O) groups is 1. The average Bonchev–Trinajstić information content (AvgIpc) is 3.38. The lowest BCUT2D eigenvalue weighted by atomic mass is 10.2. The van der Waals surface area contributed by atoms with Gasteiger partial charge in [0.25, 0.3) is 5.91 Å². The minimum Gasteiger partial charge on any atom is -0.320 e. The molecule has 1 atom stereocenters. The topological polar surface area (TPSA) is 92.3 Å². The van der Waals surface area contributed by atoms with Gasteiger partial charge in [0.05, 0.1) is 10.9 Å². The van der Waals surface area contributed by atoms with Crippen LogP contribution in [0.25, 0.3) is 0 Å². The third kappa shape index (κ3) is 4.24. The summed E-state index contributed by atoms with van der Waals surface area (Å²) >= 11 is 7.05. The van der Waals surface area contributed by atoms with Gasteiger partial charge < -0.3 is 5.32 Å². The summed E-state index contributed by atoms with van der Waals surface area (Å²) in [4.78, 5) is 12.8. The fourth-order valence-corrected chi connectivity index (χ4v) is 6.14. The Bertz CT molecular complexity index is 1180. The van der Waals surface area contributed by atoms with Gasteiger partial charge in [-0.05, 0) is 50.1 Å². The first-order valence-electron chi connectivity index (χ1n) is 9.33. The number of anilines is 1. The van der Waals surface area contributed by atoms with Gasteiger partial charge in [0.1, 0.15) is 5.01 Å². The van der Waals surface area contributed by atoms with Gasteiger partial charge in [-0.3, -0.25) is 4.79 Å². The summed E-state index contributed by atoms with van der Waals surface area (Å²) in [5.41, 5.74) is 1.54. The van der Waals surface area contributed by atoms with Crippen molar-refractivity contribution >= 4 is 44.6 Å². The molecule has 3 aromatic rings. The number of rotatable bonds is 5. The maximum absolute atomic E-state index is 13.1. The van der Waals surface area contributed by atoms with Crippen LogP contribution in [0.3, 0.4) is 0 Å². The van der Waals surface area contributed by atoms with Crippen molar-refractivity contribution in [2.45, 2.75) is 30.7 Å². The zero-order valence-corrected chi connectivity index (χ0v) is 18.5. The lowest BCUT2D eigenvalue weighted by Crippen LogP contribution is -2.30. The summed E-state index contributed by atoms with van der Waals surface area (Å²) < 4.78 is 27.7. The van der Waals surface area contributed by atoms with Gasteiger partial charge >= 0.3 is 0 Å². The molecular formula is C20H19ClN4O3S2. The van der Waals surface area contributed by atoms with E-state index >= 15 is 0 Å². The minimum absolute atomic E-state index is 0.171. The minimum atomic E-state index is -3.66. The summed E-state index contributed by atoms with van der Waals surface area (Å²) in [5, 5.41) is 12.0. The van der Waals surface area contributed by atoms with Crippen LogP contribution in [-0.2, 0) is 10.0 Å². The Hall–Kier alpha value is -2.33. The fraction of sp³-hybridized carbons (Fsp3) is 0.250. The average molecular weight is 463 g/mol. The number of sulfonamides is 1. The molecule has 0 unspecified atom stereocenters. The first-order chi connectivity index (χ1) is 14.3. The Balaban J connectivity index is 1.54. The summed E-state index contributed by atoms with van der Waals surface area (Å²) in [6, 6.07) is 13.2. The smallest absolute Gasteiger partial charge is 0.286 e. The fourth-order valence-electron chi connectivity index (χ4n) is 3.33. The number of carbonyl (C=O) groups excluding carboxylic acids is 1. The van der Waals surface area contributed by atoms with Crippen molar-refractivity contribution in [1.29, 1.82) is 0 Å². The molecule has 4 rings (SSSR count). The molecular weight excluding hydrogens is 444 g/mol. The quantitative estimate of drug-likeness (QED) is 0.611. The van der Waals surface area contributed by atoms with Crippen molar-refractivity contribution in [3.8, 4) is 0 Å². The molecule has 1 amide bonds. The van der Waals surface area contributed by atoms with E-state index in [0.717, 1.165) is 23.3 Å². The predicted octanol–water partition coefficient (Wildman–Crippen LogP) is 4.28. The van der Waals surface area contributed by atoms with Crippen molar-refractivity contribution in [3.63, 3.8) is 0 Å².